The van der Waals surface area contributed by atoms with Gasteiger partial charge in [0.05, 0.1) is 11.6 Å². The van der Waals surface area contributed by atoms with E-state index in [0.29, 0.717) is 17.3 Å². The van der Waals surface area contributed by atoms with Gasteiger partial charge in [-0.2, -0.15) is 0 Å². The lowest BCUT2D eigenvalue weighted by molar-refractivity contribution is 0.0784. The van der Waals surface area contributed by atoms with Crippen LogP contribution in [-0.4, -0.2) is 47.4 Å². The fourth-order valence-corrected chi connectivity index (χ4v) is 3.44. The molecule has 1 aromatic rings. The molecule has 2 fully saturated rings. The Kier molecular flexibility index (Phi) is 3.98. The summed E-state index contributed by atoms with van der Waals surface area (Å²) < 4.78 is 0. The zero-order valence-corrected chi connectivity index (χ0v) is 11.7. The van der Waals surface area contributed by atoms with E-state index in [1.54, 1.807) is 18.5 Å². The number of nitrogens with two attached hydrogens (primary N) is 1. The molecule has 2 aliphatic heterocycles. The van der Waals surface area contributed by atoms with Crippen molar-refractivity contribution >= 4 is 11.5 Å². The lowest BCUT2D eigenvalue weighted by atomic mass is 9.98. The second-order valence-corrected chi connectivity index (χ2v) is 5.70. The van der Waals surface area contributed by atoms with E-state index < -0.39 is 0 Å². The van der Waals surface area contributed by atoms with Crippen molar-refractivity contribution in [1.82, 2.24) is 15.2 Å². The highest BCUT2D eigenvalue weighted by Gasteiger charge is 2.36. The van der Waals surface area contributed by atoms with Crippen LogP contribution in [0.5, 0.6) is 0 Å². The molecule has 0 aromatic carbocycles. The first kappa shape index (κ1) is 13.5. The maximum Gasteiger partial charge on any atom is 0.183 e. The fraction of sp³-hybridized carbons (Fsp3) is 0.600. The molecule has 1 atom stereocenters. The molecule has 0 spiro atoms. The Labute approximate surface area is 119 Å². The number of Topliss-reactive ketones (excluding diaryl/α,β-unsaturated/α-hetero) is 1. The Hall–Kier alpha value is -1.46. The van der Waals surface area contributed by atoms with Gasteiger partial charge in [-0.1, -0.05) is 0 Å². The number of pyridine rings is 1. The van der Waals surface area contributed by atoms with Crippen molar-refractivity contribution in [3.8, 4) is 0 Å². The number of rotatable bonds is 3. The minimum atomic E-state index is -0.00963. The zero-order valence-electron chi connectivity index (χ0n) is 11.7. The van der Waals surface area contributed by atoms with Crippen LogP contribution in [-0.2, 0) is 0 Å². The van der Waals surface area contributed by atoms with Crippen molar-refractivity contribution in [3.63, 3.8) is 0 Å². The lowest BCUT2D eigenvalue weighted by Gasteiger charge is -2.35. The van der Waals surface area contributed by atoms with Crippen molar-refractivity contribution in [2.75, 3.05) is 25.4 Å². The summed E-state index contributed by atoms with van der Waals surface area (Å²) >= 11 is 0. The Morgan fingerprint density at radius 3 is 2.90 bits per heavy atom. The van der Waals surface area contributed by atoms with E-state index in [9.17, 15) is 4.79 Å². The molecule has 0 bridgehead atoms. The van der Waals surface area contributed by atoms with E-state index in [0.717, 1.165) is 45.3 Å². The Bertz CT molecular complexity index is 485. The van der Waals surface area contributed by atoms with Crippen molar-refractivity contribution in [2.45, 2.75) is 37.8 Å². The van der Waals surface area contributed by atoms with Crippen LogP contribution >= 0.6 is 0 Å². The molecule has 0 aliphatic carbocycles. The lowest BCUT2D eigenvalue weighted by Crippen LogP contribution is -2.48. The zero-order chi connectivity index (χ0) is 13.9. The third-order valence-electron chi connectivity index (χ3n) is 4.49. The summed E-state index contributed by atoms with van der Waals surface area (Å²) in [5.41, 5.74) is 7.05. The largest absolute Gasteiger partial charge is 0.398 e. The number of hydrogen-bond donors (Lipinski definition) is 2. The van der Waals surface area contributed by atoms with Gasteiger partial charge in [-0.3, -0.25) is 14.7 Å². The van der Waals surface area contributed by atoms with Crippen molar-refractivity contribution in [3.05, 3.63) is 24.0 Å². The third-order valence-corrected chi connectivity index (χ3v) is 4.49. The maximum atomic E-state index is 12.7. The maximum absolute atomic E-state index is 12.7. The number of nitrogens with one attached hydrogen (secondary N) is 1. The van der Waals surface area contributed by atoms with Crippen LogP contribution in [0.4, 0.5) is 5.69 Å². The van der Waals surface area contributed by atoms with E-state index in [1.165, 1.54) is 0 Å². The van der Waals surface area contributed by atoms with Gasteiger partial charge in [-0.15, -0.1) is 0 Å². The molecule has 2 saturated heterocycles. The number of likely N-dealkylation sites (tertiary alicyclic amines) is 1. The molecular weight excluding hydrogens is 252 g/mol. The van der Waals surface area contributed by atoms with Crippen LogP contribution in [0.25, 0.3) is 0 Å². The molecule has 20 heavy (non-hydrogen) atoms. The number of carbonyl (C=O) groups is 1. The summed E-state index contributed by atoms with van der Waals surface area (Å²) in [7, 11) is 0. The highest BCUT2D eigenvalue weighted by atomic mass is 16.1. The molecule has 0 radical (unpaired) electrons. The molecule has 5 nitrogen and oxygen atoms in total. The number of aromatic nitrogens is 1. The van der Waals surface area contributed by atoms with Gasteiger partial charge in [0.1, 0.15) is 0 Å². The van der Waals surface area contributed by atoms with E-state index >= 15 is 0 Å². The number of anilines is 1. The van der Waals surface area contributed by atoms with Crippen LogP contribution in [0.2, 0.25) is 0 Å². The number of nitrogens with zero attached hydrogens (tertiary/aromatic N) is 2. The van der Waals surface area contributed by atoms with Crippen molar-refractivity contribution in [1.29, 1.82) is 0 Å². The molecule has 108 valence electrons. The summed E-state index contributed by atoms with van der Waals surface area (Å²) in [6.45, 7) is 3.13. The van der Waals surface area contributed by atoms with E-state index in [1.807, 2.05) is 0 Å². The first-order chi connectivity index (χ1) is 9.77. The summed E-state index contributed by atoms with van der Waals surface area (Å²) in [6, 6.07) is 2.23. The van der Waals surface area contributed by atoms with Crippen LogP contribution in [0.1, 0.15) is 36.0 Å². The normalized spacial score (nSPS) is 24.9. The van der Waals surface area contributed by atoms with Crippen molar-refractivity contribution in [2.24, 2.45) is 0 Å². The number of nitrogen functional groups attached to an aromatic ring is 1. The Morgan fingerprint density at radius 2 is 2.15 bits per heavy atom. The van der Waals surface area contributed by atoms with Gasteiger partial charge in [-0.05, 0) is 51.4 Å². The molecule has 0 saturated carbocycles. The highest BCUT2D eigenvalue weighted by molar-refractivity contribution is 6.04. The molecule has 5 heteroatoms. The quantitative estimate of drug-likeness (QED) is 0.807. The topological polar surface area (TPSA) is 71.2 Å². The SMILES string of the molecule is Nc1ccncc1C(=O)C1CCCN1C1CCNCC1. The van der Waals surface area contributed by atoms with Gasteiger partial charge < -0.3 is 11.1 Å². The molecule has 0 amide bonds. The van der Waals surface area contributed by atoms with Crippen molar-refractivity contribution < 1.29 is 4.79 Å². The molecule has 3 N–H and O–H groups in total. The van der Waals surface area contributed by atoms with Crippen LogP contribution in [0.3, 0.4) is 0 Å². The highest BCUT2D eigenvalue weighted by Crippen LogP contribution is 2.27. The minimum Gasteiger partial charge on any atom is -0.398 e. The number of carbonyl (C=O) groups excluding carboxylic acids is 1. The number of hydrogen-bond acceptors (Lipinski definition) is 5. The summed E-state index contributed by atoms with van der Waals surface area (Å²) in [5.74, 6) is 0.145. The Morgan fingerprint density at radius 1 is 1.35 bits per heavy atom. The van der Waals surface area contributed by atoms with Gasteiger partial charge in [-0.25, -0.2) is 0 Å². The molecule has 1 aromatic heterocycles. The van der Waals surface area contributed by atoms with Gasteiger partial charge >= 0.3 is 0 Å². The molecule has 3 heterocycles. The van der Waals surface area contributed by atoms with Gasteiger partial charge in [0.25, 0.3) is 0 Å². The van der Waals surface area contributed by atoms with E-state index in [4.69, 9.17) is 5.73 Å². The summed E-state index contributed by atoms with van der Waals surface area (Å²) in [6.07, 6.45) is 7.54. The van der Waals surface area contributed by atoms with Gasteiger partial charge in [0.2, 0.25) is 0 Å². The second-order valence-electron chi connectivity index (χ2n) is 5.70. The fourth-order valence-electron chi connectivity index (χ4n) is 3.44. The summed E-state index contributed by atoms with van der Waals surface area (Å²) in [5, 5.41) is 3.38. The Balaban J connectivity index is 1.78. The smallest absolute Gasteiger partial charge is 0.183 e. The first-order valence-electron chi connectivity index (χ1n) is 7.47. The molecule has 2 aliphatic rings. The van der Waals surface area contributed by atoms with Gasteiger partial charge in [0.15, 0.2) is 5.78 Å². The van der Waals surface area contributed by atoms with E-state index in [2.05, 4.69) is 15.2 Å². The third kappa shape index (κ3) is 2.55. The predicted molar refractivity (Wildman–Crippen MR) is 78.6 cm³/mol. The first-order valence-corrected chi connectivity index (χ1v) is 7.47. The van der Waals surface area contributed by atoms with Gasteiger partial charge in [0, 0.05) is 24.1 Å². The van der Waals surface area contributed by atoms with Crippen LogP contribution in [0, 0.1) is 0 Å². The van der Waals surface area contributed by atoms with E-state index in [-0.39, 0.29) is 11.8 Å². The number of ketones is 1. The van der Waals surface area contributed by atoms with Crippen LogP contribution < -0.4 is 11.1 Å². The molecule has 1 unspecified atom stereocenters. The second kappa shape index (κ2) is 5.89. The average Bonchev–Trinajstić information content (AvgIpc) is 2.97. The average molecular weight is 274 g/mol. The predicted octanol–water partition coefficient (Wildman–Crippen LogP) is 1.06. The minimum absolute atomic E-state index is 0.00963. The number of piperidine rings is 1. The standard InChI is InChI=1S/C15H22N4O/c16-13-5-8-18-10-12(13)15(20)14-2-1-9-19(14)11-3-6-17-7-4-11/h5,8,10-11,14,17H,1-4,6-7,9H2,(H2,16,18). The van der Waals surface area contributed by atoms with Crippen LogP contribution in [0.15, 0.2) is 18.5 Å². The molecule has 3 rings (SSSR count). The molecular formula is C15H22N4O. The monoisotopic (exact) mass is 274 g/mol. The summed E-state index contributed by atoms with van der Waals surface area (Å²) in [4.78, 5) is 19.2.